The van der Waals surface area contributed by atoms with Crippen LogP contribution in [0.4, 0.5) is 8.78 Å². The second-order valence-electron chi connectivity index (χ2n) is 4.46. The largest absolute Gasteiger partial charge is 0.496 e. The molecule has 0 aliphatic carbocycles. The number of rotatable bonds is 3. The lowest BCUT2D eigenvalue weighted by Crippen LogP contribution is -2.17. The fourth-order valence-corrected chi connectivity index (χ4v) is 2.40. The summed E-state index contributed by atoms with van der Waals surface area (Å²) in [5.74, 6) is -0.805. The molecule has 2 aromatic rings. The smallest absolute Gasteiger partial charge is 0.134 e. The van der Waals surface area contributed by atoms with Gasteiger partial charge < -0.3 is 10.5 Å². The van der Waals surface area contributed by atoms with Crippen molar-refractivity contribution in [2.24, 2.45) is 5.73 Å². The highest BCUT2D eigenvalue weighted by atomic mass is 79.9. The van der Waals surface area contributed by atoms with Crippen molar-refractivity contribution in [3.05, 3.63) is 63.1 Å². The van der Waals surface area contributed by atoms with Crippen LogP contribution in [0.5, 0.6) is 5.75 Å². The number of nitrogens with two attached hydrogens (primary N) is 1. The van der Waals surface area contributed by atoms with E-state index in [1.165, 1.54) is 19.2 Å². The molecule has 0 spiro atoms. The molecule has 5 heteroatoms. The number of methoxy groups -OCH3 is 1. The maximum Gasteiger partial charge on any atom is 0.134 e. The molecule has 2 nitrogen and oxygen atoms in total. The third kappa shape index (κ3) is 2.69. The van der Waals surface area contributed by atoms with Crippen molar-refractivity contribution in [2.75, 3.05) is 7.11 Å². The van der Waals surface area contributed by atoms with Gasteiger partial charge in [-0.1, -0.05) is 28.1 Å². The predicted octanol–water partition coefficient (Wildman–Crippen LogP) is 4.09. The minimum atomic E-state index is -0.932. The number of ether oxygens (including phenoxy) is 1. The van der Waals surface area contributed by atoms with Crippen LogP contribution < -0.4 is 10.5 Å². The molecule has 0 saturated heterocycles. The van der Waals surface area contributed by atoms with Crippen LogP contribution in [0.3, 0.4) is 0 Å². The van der Waals surface area contributed by atoms with Gasteiger partial charge in [0.1, 0.15) is 17.4 Å². The van der Waals surface area contributed by atoms with E-state index in [2.05, 4.69) is 15.9 Å². The summed E-state index contributed by atoms with van der Waals surface area (Å²) in [6.07, 6.45) is 0. The monoisotopic (exact) mass is 341 g/mol. The molecule has 0 radical (unpaired) electrons. The van der Waals surface area contributed by atoms with Crippen LogP contribution in [0.1, 0.15) is 22.7 Å². The zero-order chi connectivity index (χ0) is 14.9. The standard InChI is InChI=1S/C15H14BrF2NO/c1-8-3-6-11(17)13(14(8)18)15(19)10-5-4-9(16)7-12(10)20-2/h3-7,15H,19H2,1-2H3. The second-order valence-corrected chi connectivity index (χ2v) is 5.37. The van der Waals surface area contributed by atoms with E-state index in [9.17, 15) is 8.78 Å². The Hall–Kier alpha value is -1.46. The van der Waals surface area contributed by atoms with Crippen molar-refractivity contribution in [3.8, 4) is 5.75 Å². The normalized spacial score (nSPS) is 12.3. The summed E-state index contributed by atoms with van der Waals surface area (Å²) in [7, 11) is 1.49. The lowest BCUT2D eigenvalue weighted by molar-refractivity contribution is 0.406. The lowest BCUT2D eigenvalue weighted by atomic mass is 9.96. The number of hydrogen-bond donors (Lipinski definition) is 1. The first-order valence-electron chi connectivity index (χ1n) is 5.99. The van der Waals surface area contributed by atoms with Crippen LogP contribution in [0, 0.1) is 18.6 Å². The molecule has 0 heterocycles. The van der Waals surface area contributed by atoms with E-state index in [1.54, 1.807) is 25.1 Å². The Morgan fingerprint density at radius 3 is 2.55 bits per heavy atom. The van der Waals surface area contributed by atoms with Gasteiger partial charge in [-0.2, -0.15) is 0 Å². The van der Waals surface area contributed by atoms with Gasteiger partial charge in [0.15, 0.2) is 0 Å². The van der Waals surface area contributed by atoms with E-state index in [0.717, 1.165) is 4.47 Å². The molecule has 0 aromatic heterocycles. The number of benzene rings is 2. The molecule has 0 amide bonds. The van der Waals surface area contributed by atoms with Crippen LogP contribution in [0.2, 0.25) is 0 Å². The molecule has 1 atom stereocenters. The summed E-state index contributed by atoms with van der Waals surface area (Å²) in [5, 5.41) is 0. The number of hydrogen-bond acceptors (Lipinski definition) is 2. The summed E-state index contributed by atoms with van der Waals surface area (Å²) in [5.41, 5.74) is 6.77. The highest BCUT2D eigenvalue weighted by Gasteiger charge is 2.22. The summed E-state index contributed by atoms with van der Waals surface area (Å²) < 4.78 is 34.1. The van der Waals surface area contributed by atoms with Gasteiger partial charge in [-0.15, -0.1) is 0 Å². The lowest BCUT2D eigenvalue weighted by Gasteiger charge is -2.18. The maximum atomic E-state index is 14.1. The van der Waals surface area contributed by atoms with Crippen LogP contribution in [0.15, 0.2) is 34.8 Å². The Morgan fingerprint density at radius 1 is 1.20 bits per heavy atom. The van der Waals surface area contributed by atoms with Gasteiger partial charge in [0, 0.05) is 15.6 Å². The van der Waals surface area contributed by atoms with Crippen molar-refractivity contribution in [3.63, 3.8) is 0 Å². The van der Waals surface area contributed by atoms with Gasteiger partial charge in [0.2, 0.25) is 0 Å². The fourth-order valence-electron chi connectivity index (χ4n) is 2.06. The van der Waals surface area contributed by atoms with Gasteiger partial charge in [0.25, 0.3) is 0 Å². The molecule has 0 fully saturated rings. The van der Waals surface area contributed by atoms with Gasteiger partial charge in [0.05, 0.1) is 13.2 Å². The van der Waals surface area contributed by atoms with Gasteiger partial charge in [-0.05, 0) is 30.7 Å². The molecule has 2 aromatic carbocycles. The molecule has 0 aliphatic heterocycles. The van der Waals surface area contributed by atoms with Crippen molar-refractivity contribution < 1.29 is 13.5 Å². The topological polar surface area (TPSA) is 35.2 Å². The first-order chi connectivity index (χ1) is 9.45. The highest BCUT2D eigenvalue weighted by Crippen LogP contribution is 2.33. The molecule has 2 N–H and O–H groups in total. The third-order valence-electron chi connectivity index (χ3n) is 3.16. The second kappa shape index (κ2) is 5.89. The number of aryl methyl sites for hydroxylation is 1. The van der Waals surface area contributed by atoms with Crippen LogP contribution >= 0.6 is 15.9 Å². The van der Waals surface area contributed by atoms with Crippen LogP contribution in [-0.4, -0.2) is 7.11 Å². The zero-order valence-corrected chi connectivity index (χ0v) is 12.7. The van der Waals surface area contributed by atoms with Gasteiger partial charge >= 0.3 is 0 Å². The molecule has 0 aliphatic rings. The van der Waals surface area contributed by atoms with E-state index in [4.69, 9.17) is 10.5 Å². The molecular weight excluding hydrogens is 328 g/mol. The SMILES string of the molecule is COc1cc(Br)ccc1C(N)c1c(F)ccc(C)c1F. The molecule has 2 rings (SSSR count). The number of halogens is 3. The third-order valence-corrected chi connectivity index (χ3v) is 3.65. The predicted molar refractivity (Wildman–Crippen MR) is 77.8 cm³/mol. The van der Waals surface area contributed by atoms with Gasteiger partial charge in [-0.3, -0.25) is 0 Å². The Bertz CT molecular complexity index is 646. The fraction of sp³-hybridized carbons (Fsp3) is 0.200. The Morgan fingerprint density at radius 2 is 1.90 bits per heavy atom. The molecule has 0 saturated carbocycles. The molecule has 20 heavy (non-hydrogen) atoms. The van der Waals surface area contributed by atoms with Crippen molar-refractivity contribution in [1.82, 2.24) is 0 Å². The van der Waals surface area contributed by atoms with Crippen LogP contribution in [0.25, 0.3) is 0 Å². The van der Waals surface area contributed by atoms with Crippen molar-refractivity contribution >= 4 is 15.9 Å². The Labute approximate surface area is 124 Å². The highest BCUT2D eigenvalue weighted by molar-refractivity contribution is 9.10. The zero-order valence-electron chi connectivity index (χ0n) is 11.1. The average Bonchev–Trinajstić information content (AvgIpc) is 2.43. The quantitative estimate of drug-likeness (QED) is 0.912. The molecular formula is C15H14BrF2NO. The van der Waals surface area contributed by atoms with E-state index < -0.39 is 17.7 Å². The summed E-state index contributed by atoms with van der Waals surface area (Å²) in [6.45, 7) is 1.57. The Balaban J connectivity index is 2.57. The van der Waals surface area contributed by atoms with E-state index >= 15 is 0 Å². The van der Waals surface area contributed by atoms with E-state index in [-0.39, 0.29) is 5.56 Å². The maximum absolute atomic E-state index is 14.1. The van der Waals surface area contributed by atoms with Gasteiger partial charge in [-0.25, -0.2) is 8.78 Å². The molecule has 106 valence electrons. The summed E-state index contributed by atoms with van der Waals surface area (Å²) >= 11 is 3.31. The van der Waals surface area contributed by atoms with Crippen molar-refractivity contribution in [1.29, 1.82) is 0 Å². The van der Waals surface area contributed by atoms with Crippen LogP contribution in [-0.2, 0) is 0 Å². The summed E-state index contributed by atoms with van der Waals surface area (Å²) in [6, 6.07) is 6.83. The molecule has 1 unspecified atom stereocenters. The average molecular weight is 342 g/mol. The first kappa shape index (κ1) is 14.9. The van der Waals surface area contributed by atoms with Crippen molar-refractivity contribution in [2.45, 2.75) is 13.0 Å². The van der Waals surface area contributed by atoms with E-state index in [0.29, 0.717) is 16.9 Å². The minimum Gasteiger partial charge on any atom is -0.496 e. The van der Waals surface area contributed by atoms with E-state index in [1.807, 2.05) is 0 Å². The molecule has 0 bridgehead atoms. The minimum absolute atomic E-state index is 0.148. The first-order valence-corrected chi connectivity index (χ1v) is 6.78. The Kier molecular flexibility index (Phi) is 4.40. The summed E-state index contributed by atoms with van der Waals surface area (Å²) in [4.78, 5) is 0.